The molecule has 0 amide bonds. The Labute approximate surface area is 272 Å². The smallest absolute Gasteiger partial charge is 0.459 e. The average Bonchev–Trinajstić information content (AvgIpc) is 3.61. The summed E-state index contributed by atoms with van der Waals surface area (Å²) in [4.78, 5) is 42.0. The molecule has 2 aliphatic rings. The number of nitrogens with one attached hydrogen (secondary N) is 1. The second-order valence-electron chi connectivity index (χ2n) is 11.4. The predicted molar refractivity (Wildman–Crippen MR) is 167 cm³/mol. The summed E-state index contributed by atoms with van der Waals surface area (Å²) in [7, 11) is -4.31. The van der Waals surface area contributed by atoms with Gasteiger partial charge in [-0.3, -0.25) is 18.9 Å². The Balaban J connectivity index is 1.41. The number of carbonyl (C=O) groups is 3. The highest BCUT2D eigenvalue weighted by atomic mass is 31.2. The van der Waals surface area contributed by atoms with Crippen molar-refractivity contribution in [2.75, 3.05) is 18.9 Å². The highest BCUT2D eigenvalue weighted by Gasteiger charge is 2.52. The largest absolute Gasteiger partial charge is 0.464 e. The minimum atomic E-state index is -4.31. The number of nitrogen functional groups attached to an aromatic ring is 1. The molecule has 2 aromatic heterocycles. The maximum absolute atomic E-state index is 14.2. The van der Waals surface area contributed by atoms with Gasteiger partial charge in [-0.15, -0.1) is 0 Å². The molecule has 15 nitrogen and oxygen atoms in total. The third kappa shape index (κ3) is 8.28. The van der Waals surface area contributed by atoms with Crippen LogP contribution in [0.3, 0.4) is 0 Å². The zero-order valence-electron chi connectivity index (χ0n) is 26.5. The van der Waals surface area contributed by atoms with Gasteiger partial charge in [0, 0.05) is 12.8 Å². The lowest BCUT2D eigenvalue weighted by molar-refractivity contribution is -0.167. The second kappa shape index (κ2) is 15.2. The van der Waals surface area contributed by atoms with Crippen LogP contribution in [0.1, 0.15) is 64.7 Å². The normalized spacial score (nSPS) is 23.0. The number of fused-ring (bicyclic) bond motifs is 1. The van der Waals surface area contributed by atoms with E-state index in [1.165, 1.54) is 17.8 Å². The number of nitrogens with zero attached hydrogens (tertiary/aromatic N) is 3. The van der Waals surface area contributed by atoms with E-state index in [1.54, 1.807) is 56.3 Å². The van der Waals surface area contributed by atoms with Gasteiger partial charge in [0.25, 0.3) is 0 Å². The zero-order chi connectivity index (χ0) is 33.6. The molecule has 6 atom stereocenters. The Morgan fingerprint density at radius 2 is 1.74 bits per heavy atom. The summed E-state index contributed by atoms with van der Waals surface area (Å²) < 4.78 is 50.7. The van der Waals surface area contributed by atoms with Crippen LogP contribution in [0.15, 0.2) is 48.8 Å². The summed E-state index contributed by atoms with van der Waals surface area (Å²) >= 11 is 0. The number of rotatable bonds is 15. The molecule has 16 heteroatoms. The summed E-state index contributed by atoms with van der Waals surface area (Å²) in [5, 5.41) is 6.94. The van der Waals surface area contributed by atoms with Gasteiger partial charge in [-0.05, 0) is 49.9 Å². The molecular weight excluding hydrogens is 633 g/mol. The average molecular weight is 674 g/mol. The van der Waals surface area contributed by atoms with Gasteiger partial charge in [-0.25, -0.2) is 14.1 Å². The first kappa shape index (κ1) is 34.3. The van der Waals surface area contributed by atoms with Crippen molar-refractivity contribution >= 4 is 37.0 Å². The molecule has 254 valence electrons. The molecule has 0 bridgehead atoms. The van der Waals surface area contributed by atoms with E-state index in [9.17, 15) is 18.9 Å². The lowest BCUT2D eigenvalue weighted by Gasteiger charge is -2.27. The van der Waals surface area contributed by atoms with E-state index in [-0.39, 0.29) is 31.0 Å². The Morgan fingerprint density at radius 3 is 2.40 bits per heavy atom. The monoisotopic (exact) mass is 673 g/mol. The molecule has 2 fully saturated rings. The van der Waals surface area contributed by atoms with Crippen LogP contribution in [0, 0.1) is 5.92 Å². The van der Waals surface area contributed by atoms with E-state index >= 15 is 0 Å². The summed E-state index contributed by atoms with van der Waals surface area (Å²) in [6.45, 7) is 4.56. The van der Waals surface area contributed by atoms with Crippen LogP contribution < -0.4 is 15.3 Å². The van der Waals surface area contributed by atoms with E-state index in [0.717, 1.165) is 19.3 Å². The first-order chi connectivity index (χ1) is 22.6. The number of benzene rings is 1. The van der Waals surface area contributed by atoms with Gasteiger partial charge in [-0.1, -0.05) is 38.5 Å². The number of anilines is 1. The number of nitrogens with two attached hydrogens (primary N) is 1. The zero-order valence-corrected chi connectivity index (χ0v) is 27.4. The number of hydrogen-bond donors (Lipinski definition) is 2. The lowest BCUT2D eigenvalue weighted by atomic mass is 9.86. The number of para-hydroxylation sites is 1. The third-order valence-corrected chi connectivity index (χ3v) is 9.64. The number of esters is 3. The standard InChI is InChI=1S/C31H40N5O10P/c1-4-25(37)44-28-24(43-27(29(28)45-26(38)5-2)22-14-15-23-30(32)33-18-34-36(22)23)17-42-47(40,46-21-12-7-6-8-13-21)35-19(3)31(39)41-16-20-10-9-11-20/h6-8,12-15,18-20,24,27-29H,4-5,9-11,16-17H2,1-3H3,(H,35,40)(H2,32,33,34)/t19-,24+,27-,28+,29-,47-/m0/s1. The summed E-state index contributed by atoms with van der Waals surface area (Å²) in [5.41, 5.74) is 6.96. The van der Waals surface area contributed by atoms with Gasteiger partial charge in [0.05, 0.1) is 18.9 Å². The quantitative estimate of drug-likeness (QED) is 0.134. The van der Waals surface area contributed by atoms with Crippen molar-refractivity contribution in [3.05, 3.63) is 54.5 Å². The molecule has 0 unspecified atom stereocenters. The highest BCUT2D eigenvalue weighted by Crippen LogP contribution is 2.47. The van der Waals surface area contributed by atoms with Gasteiger partial charge in [0.2, 0.25) is 0 Å². The van der Waals surface area contributed by atoms with Crippen LogP contribution in [-0.2, 0) is 42.4 Å². The van der Waals surface area contributed by atoms with E-state index in [0.29, 0.717) is 17.1 Å². The van der Waals surface area contributed by atoms with Crippen LogP contribution in [0.4, 0.5) is 5.82 Å². The molecule has 1 aliphatic heterocycles. The molecule has 47 heavy (non-hydrogen) atoms. The van der Waals surface area contributed by atoms with Crippen molar-refractivity contribution in [3.8, 4) is 5.75 Å². The number of aromatic nitrogens is 3. The minimum Gasteiger partial charge on any atom is -0.464 e. The van der Waals surface area contributed by atoms with Crippen molar-refractivity contribution in [2.45, 2.75) is 83.3 Å². The summed E-state index contributed by atoms with van der Waals surface area (Å²) in [6, 6.07) is 10.6. The van der Waals surface area contributed by atoms with Crippen molar-refractivity contribution < 1.29 is 46.9 Å². The Bertz CT molecular complexity index is 1600. The van der Waals surface area contributed by atoms with Crippen LogP contribution >= 0.6 is 7.75 Å². The van der Waals surface area contributed by atoms with Gasteiger partial charge < -0.3 is 29.2 Å². The Kier molecular flexibility index (Phi) is 11.1. The van der Waals surface area contributed by atoms with E-state index in [1.807, 2.05) is 0 Å². The van der Waals surface area contributed by atoms with E-state index < -0.39 is 62.7 Å². The van der Waals surface area contributed by atoms with Crippen molar-refractivity contribution in [3.63, 3.8) is 0 Å². The van der Waals surface area contributed by atoms with E-state index in [4.69, 9.17) is 33.7 Å². The van der Waals surface area contributed by atoms with Crippen molar-refractivity contribution in [1.29, 1.82) is 0 Å². The summed E-state index contributed by atoms with van der Waals surface area (Å²) in [5.74, 6) is -1.02. The number of ether oxygens (including phenoxy) is 4. The topological polar surface area (TPSA) is 192 Å². The Hall–Kier alpha value is -4.04. The van der Waals surface area contributed by atoms with Gasteiger partial charge in [0.15, 0.2) is 18.0 Å². The fraction of sp³-hybridized carbons (Fsp3) is 0.516. The number of hydrogen-bond acceptors (Lipinski definition) is 13. The predicted octanol–water partition coefficient (Wildman–Crippen LogP) is 3.92. The Morgan fingerprint density at radius 1 is 1.04 bits per heavy atom. The molecule has 1 saturated carbocycles. The molecule has 1 saturated heterocycles. The first-order valence-electron chi connectivity index (χ1n) is 15.7. The fourth-order valence-electron chi connectivity index (χ4n) is 5.19. The van der Waals surface area contributed by atoms with Crippen molar-refractivity contribution in [1.82, 2.24) is 19.7 Å². The highest BCUT2D eigenvalue weighted by molar-refractivity contribution is 7.52. The molecule has 5 rings (SSSR count). The summed E-state index contributed by atoms with van der Waals surface area (Å²) in [6.07, 6.45) is 0.000611. The van der Waals surface area contributed by atoms with Crippen LogP contribution in [0.5, 0.6) is 5.75 Å². The fourth-order valence-corrected chi connectivity index (χ4v) is 6.69. The maximum Gasteiger partial charge on any atom is 0.459 e. The van der Waals surface area contributed by atoms with Gasteiger partial charge in [-0.2, -0.15) is 10.2 Å². The molecule has 0 radical (unpaired) electrons. The van der Waals surface area contributed by atoms with Crippen molar-refractivity contribution in [2.24, 2.45) is 5.92 Å². The maximum atomic E-state index is 14.2. The van der Waals surface area contributed by atoms with Gasteiger partial charge in [0.1, 0.15) is 35.8 Å². The van der Waals surface area contributed by atoms with Crippen LogP contribution in [0.2, 0.25) is 0 Å². The van der Waals surface area contributed by atoms with E-state index in [2.05, 4.69) is 15.2 Å². The van der Waals surface area contributed by atoms with Crippen LogP contribution in [-0.4, -0.2) is 70.1 Å². The third-order valence-electron chi connectivity index (χ3n) is 7.99. The van der Waals surface area contributed by atoms with Crippen LogP contribution in [0.25, 0.3) is 5.52 Å². The molecule has 3 aromatic rings. The molecule has 0 spiro atoms. The molecule has 3 N–H and O–H groups in total. The second-order valence-corrected chi connectivity index (χ2v) is 13.1. The van der Waals surface area contributed by atoms with Gasteiger partial charge >= 0.3 is 25.7 Å². The first-order valence-corrected chi connectivity index (χ1v) is 17.2. The molecular formula is C31H40N5O10P. The molecule has 1 aliphatic carbocycles. The lowest BCUT2D eigenvalue weighted by Crippen LogP contribution is -2.41. The SMILES string of the molecule is CCC(=O)O[C@@H]1[C@H](OC(=O)CC)[C@@H](CO[P@@](=O)(N[C@@H](C)C(=O)OCC2CCC2)Oc2ccccc2)O[C@H]1c1ccc2c(N)ncnn12. The molecule has 3 heterocycles. The number of carbonyl (C=O) groups excluding carboxylic acids is 3. The minimum absolute atomic E-state index is 0.0264. The molecule has 1 aromatic carbocycles.